The number of aromatic nitrogens is 1. The lowest BCUT2D eigenvalue weighted by Gasteiger charge is -2.10. The minimum absolute atomic E-state index is 0.245. The van der Waals surface area contributed by atoms with Gasteiger partial charge in [-0.1, -0.05) is 23.2 Å². The average molecular weight is 256 g/mol. The molecule has 0 radical (unpaired) electrons. The number of halogens is 2. The van der Waals surface area contributed by atoms with Crippen LogP contribution < -0.4 is 0 Å². The fraction of sp³-hybridized carbons (Fsp3) is 0.250. The Balaban J connectivity index is 2.90. The standard InChI is InChI=1S/C12H11Cl2NO/c1-7(2)15-5-8(6-16)10-3-9(13)4-11(14)12(10)15/h3-7H,1-2H3. The van der Waals surface area contributed by atoms with Crippen molar-refractivity contribution in [2.75, 3.05) is 0 Å². The zero-order valence-corrected chi connectivity index (χ0v) is 10.5. The molecule has 0 bridgehead atoms. The lowest BCUT2D eigenvalue weighted by Crippen LogP contribution is -1.98. The third kappa shape index (κ3) is 1.72. The fourth-order valence-corrected chi connectivity index (χ4v) is 2.42. The van der Waals surface area contributed by atoms with Gasteiger partial charge in [0.15, 0.2) is 6.29 Å². The summed E-state index contributed by atoms with van der Waals surface area (Å²) < 4.78 is 1.98. The van der Waals surface area contributed by atoms with Crippen LogP contribution in [0.25, 0.3) is 10.9 Å². The first-order chi connectivity index (χ1) is 7.54. The Labute approximate surface area is 104 Å². The summed E-state index contributed by atoms with van der Waals surface area (Å²) >= 11 is 12.1. The summed E-state index contributed by atoms with van der Waals surface area (Å²) in [5.74, 6) is 0. The lowest BCUT2D eigenvalue weighted by atomic mass is 10.2. The zero-order valence-electron chi connectivity index (χ0n) is 9.00. The van der Waals surface area contributed by atoms with Crippen molar-refractivity contribution in [2.24, 2.45) is 0 Å². The van der Waals surface area contributed by atoms with Crippen LogP contribution in [0.1, 0.15) is 30.2 Å². The van der Waals surface area contributed by atoms with Crippen LogP contribution in [0.2, 0.25) is 10.0 Å². The van der Waals surface area contributed by atoms with Crippen molar-refractivity contribution < 1.29 is 4.79 Å². The zero-order chi connectivity index (χ0) is 11.9. The van der Waals surface area contributed by atoms with Crippen molar-refractivity contribution in [1.82, 2.24) is 4.57 Å². The van der Waals surface area contributed by atoms with Gasteiger partial charge in [-0.2, -0.15) is 0 Å². The molecule has 0 saturated carbocycles. The molecule has 4 heteroatoms. The van der Waals surface area contributed by atoms with Crippen molar-refractivity contribution >= 4 is 40.4 Å². The molecule has 0 unspecified atom stereocenters. The molecule has 2 rings (SSSR count). The van der Waals surface area contributed by atoms with Crippen LogP contribution in [-0.4, -0.2) is 10.9 Å². The van der Waals surface area contributed by atoms with Gasteiger partial charge < -0.3 is 4.57 Å². The second kappa shape index (κ2) is 4.11. The Morgan fingerprint density at radius 1 is 1.31 bits per heavy atom. The normalized spacial score (nSPS) is 11.3. The molecule has 0 amide bonds. The van der Waals surface area contributed by atoms with Crippen LogP contribution in [-0.2, 0) is 0 Å². The molecule has 0 aliphatic heterocycles. The molecule has 0 spiro atoms. The van der Waals surface area contributed by atoms with Crippen molar-refractivity contribution in [2.45, 2.75) is 19.9 Å². The van der Waals surface area contributed by atoms with Crippen molar-refractivity contribution in [3.8, 4) is 0 Å². The summed E-state index contributed by atoms with van der Waals surface area (Å²) in [6.07, 6.45) is 2.64. The molecule has 84 valence electrons. The molecule has 1 aromatic heterocycles. The number of hydrogen-bond donors (Lipinski definition) is 0. The average Bonchev–Trinajstić information content (AvgIpc) is 2.56. The molecule has 0 N–H and O–H groups in total. The number of carbonyl (C=O) groups excluding carboxylic acids is 1. The molecule has 1 heterocycles. The second-order valence-electron chi connectivity index (χ2n) is 3.99. The summed E-state index contributed by atoms with van der Waals surface area (Å²) in [7, 11) is 0. The quantitative estimate of drug-likeness (QED) is 0.732. The van der Waals surface area contributed by atoms with Gasteiger partial charge in [0.1, 0.15) is 0 Å². The van der Waals surface area contributed by atoms with E-state index in [0.29, 0.717) is 15.6 Å². The highest BCUT2D eigenvalue weighted by Gasteiger charge is 2.13. The highest BCUT2D eigenvalue weighted by Crippen LogP contribution is 2.32. The number of nitrogens with zero attached hydrogens (tertiary/aromatic N) is 1. The first kappa shape index (κ1) is 11.5. The van der Waals surface area contributed by atoms with Crippen molar-refractivity contribution in [3.63, 3.8) is 0 Å². The van der Waals surface area contributed by atoms with E-state index in [0.717, 1.165) is 17.2 Å². The Bertz CT molecular complexity index is 558. The predicted molar refractivity (Wildman–Crippen MR) is 67.7 cm³/mol. The maximum absolute atomic E-state index is 11.0. The SMILES string of the molecule is CC(C)n1cc(C=O)c2cc(Cl)cc(Cl)c21. The first-order valence-corrected chi connectivity index (χ1v) is 5.75. The topological polar surface area (TPSA) is 22.0 Å². The van der Waals surface area contributed by atoms with E-state index in [1.54, 1.807) is 12.1 Å². The van der Waals surface area contributed by atoms with Crippen LogP contribution >= 0.6 is 23.2 Å². The number of hydrogen-bond acceptors (Lipinski definition) is 1. The number of benzene rings is 1. The van der Waals surface area contributed by atoms with Gasteiger partial charge in [0, 0.05) is 28.2 Å². The van der Waals surface area contributed by atoms with E-state index in [9.17, 15) is 4.79 Å². The Morgan fingerprint density at radius 2 is 2.00 bits per heavy atom. The molecule has 2 nitrogen and oxygen atoms in total. The van der Waals surface area contributed by atoms with Gasteiger partial charge >= 0.3 is 0 Å². The fourth-order valence-electron chi connectivity index (χ4n) is 1.83. The summed E-state index contributed by atoms with van der Waals surface area (Å²) in [6, 6.07) is 3.71. The van der Waals surface area contributed by atoms with Gasteiger partial charge in [0.2, 0.25) is 0 Å². The molecular weight excluding hydrogens is 245 g/mol. The van der Waals surface area contributed by atoms with E-state index in [4.69, 9.17) is 23.2 Å². The van der Waals surface area contributed by atoms with Gasteiger partial charge in [-0.3, -0.25) is 4.79 Å². The molecule has 0 aliphatic carbocycles. The molecule has 0 saturated heterocycles. The summed E-state index contributed by atoms with van der Waals surface area (Å²) in [6.45, 7) is 4.08. The third-order valence-electron chi connectivity index (χ3n) is 2.56. The van der Waals surface area contributed by atoms with Crippen LogP contribution in [0.4, 0.5) is 0 Å². The minimum atomic E-state index is 0.245. The van der Waals surface area contributed by atoms with E-state index >= 15 is 0 Å². The van der Waals surface area contributed by atoms with E-state index in [2.05, 4.69) is 0 Å². The van der Waals surface area contributed by atoms with Crippen LogP contribution in [0.3, 0.4) is 0 Å². The van der Waals surface area contributed by atoms with Crippen LogP contribution in [0, 0.1) is 0 Å². The number of rotatable bonds is 2. The molecule has 1 aromatic carbocycles. The van der Waals surface area contributed by atoms with Gasteiger partial charge in [0.25, 0.3) is 0 Å². The Morgan fingerprint density at radius 3 is 2.56 bits per heavy atom. The van der Waals surface area contributed by atoms with Gasteiger partial charge in [-0.05, 0) is 26.0 Å². The second-order valence-corrected chi connectivity index (χ2v) is 4.83. The molecular formula is C12H11Cl2NO. The molecule has 16 heavy (non-hydrogen) atoms. The van der Waals surface area contributed by atoms with Gasteiger partial charge in [-0.15, -0.1) is 0 Å². The Hall–Kier alpha value is -0.990. The number of carbonyl (C=O) groups is 1. The maximum atomic E-state index is 11.0. The summed E-state index contributed by atoms with van der Waals surface area (Å²) in [4.78, 5) is 11.0. The van der Waals surface area contributed by atoms with E-state index in [1.807, 2.05) is 24.6 Å². The van der Waals surface area contributed by atoms with Crippen molar-refractivity contribution in [1.29, 1.82) is 0 Å². The smallest absolute Gasteiger partial charge is 0.152 e. The van der Waals surface area contributed by atoms with Crippen LogP contribution in [0.15, 0.2) is 18.3 Å². The largest absolute Gasteiger partial charge is 0.343 e. The predicted octanol–water partition coefficient (Wildman–Crippen LogP) is 4.34. The number of aldehydes is 1. The van der Waals surface area contributed by atoms with Crippen LogP contribution in [0.5, 0.6) is 0 Å². The monoisotopic (exact) mass is 255 g/mol. The maximum Gasteiger partial charge on any atom is 0.152 e. The van der Waals surface area contributed by atoms with Crippen molar-refractivity contribution in [3.05, 3.63) is 33.9 Å². The van der Waals surface area contributed by atoms with E-state index < -0.39 is 0 Å². The van der Waals surface area contributed by atoms with E-state index in [-0.39, 0.29) is 6.04 Å². The van der Waals surface area contributed by atoms with Gasteiger partial charge in [-0.25, -0.2) is 0 Å². The molecule has 0 fully saturated rings. The Kier molecular flexibility index (Phi) is 2.96. The third-order valence-corrected chi connectivity index (χ3v) is 3.07. The highest BCUT2D eigenvalue weighted by molar-refractivity contribution is 6.38. The summed E-state index contributed by atoms with van der Waals surface area (Å²) in [5, 5.41) is 1.92. The van der Waals surface area contributed by atoms with E-state index in [1.165, 1.54) is 0 Å². The summed E-state index contributed by atoms with van der Waals surface area (Å²) in [5.41, 5.74) is 1.48. The minimum Gasteiger partial charge on any atom is -0.343 e. The molecule has 0 aliphatic rings. The van der Waals surface area contributed by atoms with Gasteiger partial charge in [0.05, 0.1) is 10.5 Å². The first-order valence-electron chi connectivity index (χ1n) is 4.99. The molecule has 0 atom stereocenters. The number of fused-ring (bicyclic) bond motifs is 1. The lowest BCUT2D eigenvalue weighted by molar-refractivity contribution is 0.112. The molecule has 2 aromatic rings. The highest BCUT2D eigenvalue weighted by atomic mass is 35.5.